The Hall–Kier alpha value is -1.47. The van der Waals surface area contributed by atoms with Crippen LogP contribution in [0, 0.1) is 5.92 Å². The minimum absolute atomic E-state index is 0.0667. The number of nitrogens with two attached hydrogens (primary N) is 1. The molecule has 130 valence electrons. The molecule has 0 aliphatic carbocycles. The van der Waals surface area contributed by atoms with E-state index < -0.39 is 0 Å². The monoisotopic (exact) mass is 323 g/mol. The molecule has 2 atom stereocenters. The van der Waals surface area contributed by atoms with Crippen molar-refractivity contribution in [1.29, 1.82) is 0 Å². The third kappa shape index (κ3) is 4.51. The molecule has 23 heavy (non-hydrogen) atoms. The van der Waals surface area contributed by atoms with E-state index in [0.717, 1.165) is 31.8 Å². The summed E-state index contributed by atoms with van der Waals surface area (Å²) in [7, 11) is 0. The highest BCUT2D eigenvalue weighted by atomic mass is 16.5. The van der Waals surface area contributed by atoms with Gasteiger partial charge in [0, 0.05) is 32.6 Å². The zero-order valence-electron chi connectivity index (χ0n) is 14.7. The molecule has 1 saturated heterocycles. The molecule has 1 unspecified atom stereocenters. The number of rotatable bonds is 6. The molecule has 0 radical (unpaired) electrons. The van der Waals surface area contributed by atoms with Crippen LogP contribution in [0.4, 0.5) is 0 Å². The molecule has 2 N–H and O–H groups in total. The van der Waals surface area contributed by atoms with E-state index in [1.165, 1.54) is 0 Å². The van der Waals surface area contributed by atoms with Gasteiger partial charge >= 0.3 is 0 Å². The van der Waals surface area contributed by atoms with Crippen LogP contribution < -0.4 is 5.73 Å². The van der Waals surface area contributed by atoms with Crippen molar-refractivity contribution in [3.05, 3.63) is 11.7 Å². The Morgan fingerprint density at radius 3 is 2.43 bits per heavy atom. The fourth-order valence-corrected chi connectivity index (χ4v) is 2.91. The van der Waals surface area contributed by atoms with Gasteiger partial charge in [-0.3, -0.25) is 9.69 Å². The molecular formula is C16H29N5O2. The molecule has 0 aromatic carbocycles. The van der Waals surface area contributed by atoms with Crippen LogP contribution in [-0.4, -0.2) is 58.1 Å². The lowest BCUT2D eigenvalue weighted by atomic mass is 10.0. The Balaban J connectivity index is 1.86. The van der Waals surface area contributed by atoms with Crippen molar-refractivity contribution in [2.75, 3.05) is 26.2 Å². The van der Waals surface area contributed by atoms with E-state index in [9.17, 15) is 4.79 Å². The number of aromatic nitrogens is 2. The molecule has 0 bridgehead atoms. The van der Waals surface area contributed by atoms with Crippen molar-refractivity contribution >= 4 is 5.91 Å². The second kappa shape index (κ2) is 7.88. The van der Waals surface area contributed by atoms with Crippen LogP contribution in [-0.2, 0) is 11.2 Å². The van der Waals surface area contributed by atoms with E-state index in [-0.39, 0.29) is 18.0 Å². The lowest BCUT2D eigenvalue weighted by molar-refractivity contribution is -0.135. The summed E-state index contributed by atoms with van der Waals surface area (Å²) in [6.07, 6.45) is 1.50. The maximum absolute atomic E-state index is 12.4. The van der Waals surface area contributed by atoms with Crippen LogP contribution in [0.5, 0.6) is 0 Å². The zero-order chi connectivity index (χ0) is 17.0. The van der Waals surface area contributed by atoms with Gasteiger partial charge in [-0.1, -0.05) is 25.9 Å². The highest BCUT2D eigenvalue weighted by molar-refractivity contribution is 5.81. The number of piperazine rings is 1. The summed E-state index contributed by atoms with van der Waals surface area (Å²) in [5.74, 6) is 1.89. The Kier molecular flexibility index (Phi) is 6.12. The maximum Gasteiger partial charge on any atom is 0.243 e. The SMILES string of the molecule is CCc1noc(C(C)N2CCN(C(=O)[C@@H](N)CC(C)C)CC2)n1. The first-order valence-electron chi connectivity index (χ1n) is 8.53. The molecule has 1 aromatic heterocycles. The van der Waals surface area contributed by atoms with Crippen molar-refractivity contribution in [1.82, 2.24) is 19.9 Å². The van der Waals surface area contributed by atoms with Crippen LogP contribution in [0.1, 0.15) is 51.9 Å². The first kappa shape index (κ1) is 17.9. The van der Waals surface area contributed by atoms with Gasteiger partial charge in [-0.15, -0.1) is 0 Å². The Bertz CT molecular complexity index is 508. The highest BCUT2D eigenvalue weighted by Gasteiger charge is 2.29. The first-order valence-corrected chi connectivity index (χ1v) is 8.53. The Morgan fingerprint density at radius 1 is 1.26 bits per heavy atom. The molecule has 0 saturated carbocycles. The first-order chi connectivity index (χ1) is 10.9. The average Bonchev–Trinajstić information content (AvgIpc) is 3.02. The fourth-order valence-electron chi connectivity index (χ4n) is 2.91. The van der Waals surface area contributed by atoms with Gasteiger partial charge in [-0.25, -0.2) is 0 Å². The second-order valence-corrected chi connectivity index (χ2v) is 6.68. The summed E-state index contributed by atoms with van der Waals surface area (Å²) in [5.41, 5.74) is 6.01. The van der Waals surface area contributed by atoms with E-state index in [1.807, 2.05) is 11.8 Å². The fraction of sp³-hybridized carbons (Fsp3) is 0.812. The summed E-state index contributed by atoms with van der Waals surface area (Å²) < 4.78 is 5.32. The molecule has 2 rings (SSSR count). The van der Waals surface area contributed by atoms with Crippen LogP contribution in [0.2, 0.25) is 0 Å². The number of carbonyl (C=O) groups excluding carboxylic acids is 1. The minimum Gasteiger partial charge on any atom is -0.339 e. The largest absolute Gasteiger partial charge is 0.339 e. The summed E-state index contributed by atoms with van der Waals surface area (Å²) in [4.78, 5) is 20.9. The Morgan fingerprint density at radius 2 is 1.91 bits per heavy atom. The van der Waals surface area contributed by atoms with Crippen LogP contribution in [0.15, 0.2) is 4.52 Å². The lowest BCUT2D eigenvalue weighted by Crippen LogP contribution is -2.53. The lowest BCUT2D eigenvalue weighted by Gasteiger charge is -2.37. The third-order valence-corrected chi connectivity index (χ3v) is 4.37. The van der Waals surface area contributed by atoms with E-state index in [2.05, 4.69) is 35.8 Å². The molecule has 7 heteroatoms. The van der Waals surface area contributed by atoms with Gasteiger partial charge in [-0.2, -0.15) is 4.98 Å². The predicted octanol–water partition coefficient (Wildman–Crippen LogP) is 1.21. The van der Waals surface area contributed by atoms with Gasteiger partial charge in [0.1, 0.15) is 0 Å². The van der Waals surface area contributed by atoms with E-state index in [0.29, 0.717) is 24.9 Å². The Labute approximate surface area is 138 Å². The number of carbonyl (C=O) groups is 1. The predicted molar refractivity (Wildman–Crippen MR) is 87.7 cm³/mol. The smallest absolute Gasteiger partial charge is 0.243 e. The summed E-state index contributed by atoms with van der Waals surface area (Å²) >= 11 is 0. The van der Waals surface area contributed by atoms with Crippen molar-refractivity contribution < 1.29 is 9.32 Å². The van der Waals surface area contributed by atoms with Crippen molar-refractivity contribution in [2.45, 2.75) is 52.6 Å². The molecule has 2 heterocycles. The van der Waals surface area contributed by atoms with Crippen LogP contribution in [0.25, 0.3) is 0 Å². The standard InChI is InChI=1S/C16H29N5O2/c1-5-14-18-15(23-19-14)12(4)20-6-8-21(9-7-20)16(22)13(17)10-11(2)3/h11-13H,5-10,17H2,1-4H3/t12?,13-/m0/s1. The van der Waals surface area contributed by atoms with E-state index in [4.69, 9.17) is 10.3 Å². The number of hydrogen-bond donors (Lipinski definition) is 1. The normalized spacial score (nSPS) is 19.1. The van der Waals surface area contributed by atoms with Gasteiger partial charge in [0.25, 0.3) is 0 Å². The summed E-state index contributed by atoms with van der Waals surface area (Å²) in [6, 6.07) is -0.314. The van der Waals surface area contributed by atoms with Crippen molar-refractivity contribution in [3.63, 3.8) is 0 Å². The summed E-state index contributed by atoms with van der Waals surface area (Å²) in [6.45, 7) is 11.2. The minimum atomic E-state index is -0.387. The van der Waals surface area contributed by atoms with Gasteiger partial charge in [0.15, 0.2) is 5.82 Å². The molecule has 1 amide bonds. The number of hydrogen-bond acceptors (Lipinski definition) is 6. The highest BCUT2D eigenvalue weighted by Crippen LogP contribution is 2.20. The van der Waals surface area contributed by atoms with Gasteiger partial charge in [0.2, 0.25) is 11.8 Å². The summed E-state index contributed by atoms with van der Waals surface area (Å²) in [5, 5.41) is 3.95. The van der Waals surface area contributed by atoms with Gasteiger partial charge in [0.05, 0.1) is 12.1 Å². The molecule has 7 nitrogen and oxygen atoms in total. The molecule has 0 spiro atoms. The maximum atomic E-state index is 12.4. The quantitative estimate of drug-likeness (QED) is 0.846. The van der Waals surface area contributed by atoms with Crippen LogP contribution in [0.3, 0.4) is 0 Å². The third-order valence-electron chi connectivity index (χ3n) is 4.37. The molecule has 1 aromatic rings. The van der Waals surface area contributed by atoms with E-state index >= 15 is 0 Å². The second-order valence-electron chi connectivity index (χ2n) is 6.68. The van der Waals surface area contributed by atoms with Crippen molar-refractivity contribution in [2.24, 2.45) is 11.7 Å². The van der Waals surface area contributed by atoms with Crippen LogP contribution >= 0.6 is 0 Å². The molecule has 1 aliphatic rings. The number of amides is 1. The topological polar surface area (TPSA) is 88.5 Å². The van der Waals surface area contributed by atoms with Gasteiger partial charge < -0.3 is 15.2 Å². The van der Waals surface area contributed by atoms with Gasteiger partial charge in [-0.05, 0) is 19.3 Å². The van der Waals surface area contributed by atoms with Crippen molar-refractivity contribution in [3.8, 4) is 0 Å². The average molecular weight is 323 g/mol. The number of nitrogens with zero attached hydrogens (tertiary/aromatic N) is 4. The zero-order valence-corrected chi connectivity index (χ0v) is 14.7. The molecular weight excluding hydrogens is 294 g/mol. The van der Waals surface area contributed by atoms with E-state index in [1.54, 1.807) is 0 Å². The molecule has 1 aliphatic heterocycles. The molecule has 1 fully saturated rings. The number of aryl methyl sites for hydroxylation is 1.